The molecule has 138 valence electrons. The number of anilines is 2. The van der Waals surface area contributed by atoms with Gasteiger partial charge in [-0.05, 0) is 56.0 Å². The van der Waals surface area contributed by atoms with Gasteiger partial charge in [0.2, 0.25) is 5.91 Å². The SMILES string of the molecule is Cc1ccccc1CNC(C)CC(=O)Nc1cccc(N2CCCC2)c1. The standard InChI is InChI=1S/C22H29N3O/c1-17-8-3-4-9-19(17)16-23-18(2)14-22(26)24-20-10-7-11-21(15-20)25-12-5-6-13-25/h3-4,7-11,15,18,23H,5-6,12-14,16H2,1-2H3,(H,24,26). The summed E-state index contributed by atoms with van der Waals surface area (Å²) in [5.41, 5.74) is 4.63. The molecule has 4 nitrogen and oxygen atoms in total. The number of hydrogen-bond acceptors (Lipinski definition) is 3. The number of aryl methyl sites for hydroxylation is 1. The van der Waals surface area contributed by atoms with Crippen LogP contribution in [0.5, 0.6) is 0 Å². The number of carbonyl (C=O) groups excluding carboxylic acids is 1. The van der Waals surface area contributed by atoms with Gasteiger partial charge in [-0.25, -0.2) is 0 Å². The molecule has 1 aliphatic rings. The van der Waals surface area contributed by atoms with Crippen molar-refractivity contribution < 1.29 is 4.79 Å². The van der Waals surface area contributed by atoms with Crippen molar-refractivity contribution in [3.63, 3.8) is 0 Å². The normalized spacial score (nSPS) is 15.1. The first-order valence-electron chi connectivity index (χ1n) is 9.54. The molecule has 4 heteroatoms. The summed E-state index contributed by atoms with van der Waals surface area (Å²) < 4.78 is 0. The van der Waals surface area contributed by atoms with Crippen LogP contribution in [0.4, 0.5) is 11.4 Å². The Kier molecular flexibility index (Phi) is 6.29. The first-order valence-corrected chi connectivity index (χ1v) is 9.54. The molecular formula is C22H29N3O. The van der Waals surface area contributed by atoms with Crippen LogP contribution in [-0.2, 0) is 11.3 Å². The van der Waals surface area contributed by atoms with Crippen LogP contribution in [0, 0.1) is 6.92 Å². The summed E-state index contributed by atoms with van der Waals surface area (Å²) in [6.07, 6.45) is 2.96. The van der Waals surface area contributed by atoms with Crippen LogP contribution in [-0.4, -0.2) is 25.0 Å². The van der Waals surface area contributed by atoms with Crippen LogP contribution < -0.4 is 15.5 Å². The van der Waals surface area contributed by atoms with Gasteiger partial charge in [-0.1, -0.05) is 30.3 Å². The molecule has 26 heavy (non-hydrogen) atoms. The van der Waals surface area contributed by atoms with E-state index in [2.05, 4.69) is 59.7 Å². The fraction of sp³-hybridized carbons (Fsp3) is 0.409. The second-order valence-corrected chi connectivity index (χ2v) is 7.21. The van der Waals surface area contributed by atoms with Crippen molar-refractivity contribution >= 4 is 17.3 Å². The first-order chi connectivity index (χ1) is 12.6. The van der Waals surface area contributed by atoms with Crippen LogP contribution in [0.1, 0.15) is 37.3 Å². The molecule has 1 unspecified atom stereocenters. The van der Waals surface area contributed by atoms with Crippen LogP contribution >= 0.6 is 0 Å². The number of carbonyl (C=O) groups is 1. The number of nitrogens with one attached hydrogen (secondary N) is 2. The van der Waals surface area contributed by atoms with E-state index in [1.165, 1.54) is 29.7 Å². The summed E-state index contributed by atoms with van der Waals surface area (Å²) in [6, 6.07) is 16.6. The van der Waals surface area contributed by atoms with Crippen molar-refractivity contribution in [2.24, 2.45) is 0 Å². The van der Waals surface area contributed by atoms with Gasteiger partial charge >= 0.3 is 0 Å². The highest BCUT2D eigenvalue weighted by Crippen LogP contribution is 2.23. The average Bonchev–Trinajstić information content (AvgIpc) is 3.16. The van der Waals surface area contributed by atoms with E-state index in [4.69, 9.17) is 0 Å². The third-order valence-corrected chi connectivity index (χ3v) is 4.99. The van der Waals surface area contributed by atoms with E-state index >= 15 is 0 Å². The molecule has 1 aliphatic heterocycles. The smallest absolute Gasteiger partial charge is 0.225 e. The Bertz CT molecular complexity index is 738. The summed E-state index contributed by atoms with van der Waals surface area (Å²) in [5.74, 6) is 0.0494. The number of amides is 1. The third kappa shape index (κ3) is 5.09. The van der Waals surface area contributed by atoms with Crippen molar-refractivity contribution in [3.8, 4) is 0 Å². The first kappa shape index (κ1) is 18.5. The van der Waals surface area contributed by atoms with Gasteiger partial charge in [0.25, 0.3) is 0 Å². The van der Waals surface area contributed by atoms with Gasteiger partial charge in [0.15, 0.2) is 0 Å². The minimum atomic E-state index is 0.0494. The monoisotopic (exact) mass is 351 g/mol. The van der Waals surface area contributed by atoms with Gasteiger partial charge in [-0.15, -0.1) is 0 Å². The van der Waals surface area contributed by atoms with Crippen LogP contribution in [0.3, 0.4) is 0 Å². The van der Waals surface area contributed by atoms with Crippen molar-refractivity contribution in [2.45, 2.75) is 45.7 Å². The molecule has 0 radical (unpaired) electrons. The highest BCUT2D eigenvalue weighted by Gasteiger charge is 2.14. The molecule has 1 amide bonds. The van der Waals surface area contributed by atoms with Crippen LogP contribution in [0.15, 0.2) is 48.5 Å². The Hall–Kier alpha value is -2.33. The van der Waals surface area contributed by atoms with E-state index < -0.39 is 0 Å². The highest BCUT2D eigenvalue weighted by atomic mass is 16.1. The van der Waals surface area contributed by atoms with Gasteiger partial charge in [-0.2, -0.15) is 0 Å². The summed E-state index contributed by atoms with van der Waals surface area (Å²) in [5, 5.41) is 6.48. The molecule has 0 aliphatic carbocycles. The van der Waals surface area contributed by atoms with Gasteiger partial charge in [0.1, 0.15) is 0 Å². The van der Waals surface area contributed by atoms with Crippen molar-refractivity contribution in [1.82, 2.24) is 5.32 Å². The summed E-state index contributed by atoms with van der Waals surface area (Å²) >= 11 is 0. The summed E-state index contributed by atoms with van der Waals surface area (Å²) in [4.78, 5) is 14.7. The maximum atomic E-state index is 12.4. The molecule has 2 aromatic rings. The highest BCUT2D eigenvalue weighted by molar-refractivity contribution is 5.91. The molecular weight excluding hydrogens is 322 g/mol. The Morgan fingerprint density at radius 2 is 1.88 bits per heavy atom. The van der Waals surface area contributed by atoms with E-state index in [1.54, 1.807) is 0 Å². The topological polar surface area (TPSA) is 44.4 Å². The maximum absolute atomic E-state index is 12.4. The number of hydrogen-bond donors (Lipinski definition) is 2. The molecule has 1 heterocycles. The molecule has 2 N–H and O–H groups in total. The molecule has 0 spiro atoms. The van der Waals surface area contributed by atoms with E-state index in [0.29, 0.717) is 6.42 Å². The van der Waals surface area contributed by atoms with Gasteiger partial charge in [0, 0.05) is 43.5 Å². The lowest BCUT2D eigenvalue weighted by atomic mass is 10.1. The molecule has 2 aromatic carbocycles. The van der Waals surface area contributed by atoms with E-state index in [9.17, 15) is 4.79 Å². The van der Waals surface area contributed by atoms with Crippen molar-refractivity contribution in [1.29, 1.82) is 0 Å². The van der Waals surface area contributed by atoms with Crippen LogP contribution in [0.25, 0.3) is 0 Å². The Morgan fingerprint density at radius 1 is 1.12 bits per heavy atom. The zero-order valence-electron chi connectivity index (χ0n) is 15.8. The lowest BCUT2D eigenvalue weighted by Gasteiger charge is -2.19. The largest absolute Gasteiger partial charge is 0.371 e. The predicted molar refractivity (Wildman–Crippen MR) is 109 cm³/mol. The maximum Gasteiger partial charge on any atom is 0.225 e. The van der Waals surface area contributed by atoms with Crippen LogP contribution in [0.2, 0.25) is 0 Å². The van der Waals surface area contributed by atoms with Gasteiger partial charge in [-0.3, -0.25) is 4.79 Å². The summed E-state index contributed by atoms with van der Waals surface area (Å²) in [7, 11) is 0. The molecule has 3 rings (SSSR count). The predicted octanol–water partition coefficient (Wildman–Crippen LogP) is 4.10. The molecule has 1 atom stereocenters. The second-order valence-electron chi connectivity index (χ2n) is 7.21. The number of rotatable bonds is 7. The molecule has 0 saturated carbocycles. The quantitative estimate of drug-likeness (QED) is 0.789. The number of benzene rings is 2. The zero-order chi connectivity index (χ0) is 18.4. The van der Waals surface area contributed by atoms with Crippen molar-refractivity contribution in [3.05, 3.63) is 59.7 Å². The summed E-state index contributed by atoms with van der Waals surface area (Å²) in [6.45, 7) is 7.17. The average molecular weight is 351 g/mol. The molecule has 0 bridgehead atoms. The fourth-order valence-electron chi connectivity index (χ4n) is 3.41. The number of nitrogens with zero attached hydrogens (tertiary/aromatic N) is 1. The lowest BCUT2D eigenvalue weighted by Crippen LogP contribution is -2.30. The third-order valence-electron chi connectivity index (χ3n) is 4.99. The Labute approximate surface area is 156 Å². The van der Waals surface area contributed by atoms with Gasteiger partial charge in [0.05, 0.1) is 0 Å². The van der Waals surface area contributed by atoms with E-state index in [0.717, 1.165) is 25.3 Å². The Morgan fingerprint density at radius 3 is 2.65 bits per heavy atom. The zero-order valence-corrected chi connectivity index (χ0v) is 15.8. The molecule has 1 fully saturated rings. The Balaban J connectivity index is 1.49. The van der Waals surface area contributed by atoms with E-state index in [1.807, 2.05) is 18.2 Å². The second kappa shape index (κ2) is 8.86. The molecule has 1 saturated heterocycles. The lowest BCUT2D eigenvalue weighted by molar-refractivity contribution is -0.116. The van der Waals surface area contributed by atoms with Gasteiger partial charge < -0.3 is 15.5 Å². The van der Waals surface area contributed by atoms with Crippen molar-refractivity contribution in [2.75, 3.05) is 23.3 Å². The van der Waals surface area contributed by atoms with E-state index in [-0.39, 0.29) is 11.9 Å². The minimum absolute atomic E-state index is 0.0494. The fourth-order valence-corrected chi connectivity index (χ4v) is 3.41. The molecule has 0 aromatic heterocycles. The minimum Gasteiger partial charge on any atom is -0.371 e.